The van der Waals surface area contributed by atoms with E-state index in [1.807, 2.05) is 13.0 Å². The average molecular weight is 194 g/mol. The molecule has 74 valence electrons. The summed E-state index contributed by atoms with van der Waals surface area (Å²) in [5.41, 5.74) is 1.65. The fourth-order valence-electron chi connectivity index (χ4n) is 1.53. The number of fused-ring (bicyclic) bond motifs is 1. The number of carboxylic acid groups (broad SMARTS) is 1. The Morgan fingerprint density at radius 1 is 1.50 bits per heavy atom. The molecule has 0 atom stereocenters. The quantitative estimate of drug-likeness (QED) is 0.772. The Hall–Kier alpha value is -1.71. The lowest BCUT2D eigenvalue weighted by Gasteiger charge is -2.03. The van der Waals surface area contributed by atoms with Gasteiger partial charge in [-0.2, -0.15) is 0 Å². The molecule has 2 rings (SSSR count). The number of hydrogen-bond donors (Lipinski definition) is 1. The van der Waals surface area contributed by atoms with Crippen LogP contribution in [0.4, 0.5) is 0 Å². The van der Waals surface area contributed by atoms with Crippen molar-refractivity contribution in [3.8, 4) is 11.5 Å². The molecule has 1 N–H and O–H groups in total. The second-order valence-corrected chi connectivity index (χ2v) is 3.22. The van der Waals surface area contributed by atoms with Crippen LogP contribution in [0.1, 0.15) is 11.1 Å². The van der Waals surface area contributed by atoms with Crippen LogP contribution in [0.25, 0.3) is 0 Å². The molecule has 0 radical (unpaired) electrons. The van der Waals surface area contributed by atoms with E-state index in [1.165, 1.54) is 0 Å². The lowest BCUT2D eigenvalue weighted by Crippen LogP contribution is -2.00. The Morgan fingerprint density at radius 2 is 2.29 bits per heavy atom. The molecule has 0 saturated carbocycles. The zero-order valence-corrected chi connectivity index (χ0v) is 7.74. The number of hydrogen-bond acceptors (Lipinski definition) is 3. The highest BCUT2D eigenvalue weighted by Crippen LogP contribution is 2.36. The molecule has 1 aliphatic heterocycles. The van der Waals surface area contributed by atoms with Gasteiger partial charge in [0.2, 0.25) is 6.79 Å². The lowest BCUT2D eigenvalue weighted by molar-refractivity contribution is -0.136. The van der Waals surface area contributed by atoms with Gasteiger partial charge in [-0.1, -0.05) is 6.07 Å². The van der Waals surface area contributed by atoms with Gasteiger partial charge in [-0.3, -0.25) is 4.79 Å². The molecule has 0 aliphatic carbocycles. The van der Waals surface area contributed by atoms with Crippen LogP contribution < -0.4 is 9.47 Å². The van der Waals surface area contributed by atoms with Crippen molar-refractivity contribution < 1.29 is 19.4 Å². The predicted molar refractivity (Wildman–Crippen MR) is 48.6 cm³/mol. The zero-order valence-electron chi connectivity index (χ0n) is 7.74. The van der Waals surface area contributed by atoms with Crippen molar-refractivity contribution in [3.05, 3.63) is 23.3 Å². The topological polar surface area (TPSA) is 55.8 Å². The van der Waals surface area contributed by atoms with E-state index in [2.05, 4.69) is 0 Å². The van der Waals surface area contributed by atoms with Crippen LogP contribution in [0.15, 0.2) is 12.1 Å². The molecule has 1 aromatic carbocycles. The van der Waals surface area contributed by atoms with Gasteiger partial charge in [0, 0.05) is 0 Å². The maximum absolute atomic E-state index is 10.5. The summed E-state index contributed by atoms with van der Waals surface area (Å²) >= 11 is 0. The molecular weight excluding hydrogens is 184 g/mol. The maximum Gasteiger partial charge on any atom is 0.307 e. The van der Waals surface area contributed by atoms with E-state index in [9.17, 15) is 4.79 Å². The van der Waals surface area contributed by atoms with Crippen molar-refractivity contribution >= 4 is 5.97 Å². The van der Waals surface area contributed by atoms with Gasteiger partial charge in [-0.25, -0.2) is 0 Å². The summed E-state index contributed by atoms with van der Waals surface area (Å²) in [6.07, 6.45) is 0.0114. The first-order valence-corrected chi connectivity index (χ1v) is 4.28. The molecule has 1 aliphatic rings. The van der Waals surface area contributed by atoms with Gasteiger partial charge in [0.25, 0.3) is 0 Å². The van der Waals surface area contributed by atoms with Gasteiger partial charge in [0.05, 0.1) is 6.42 Å². The van der Waals surface area contributed by atoms with Gasteiger partial charge >= 0.3 is 5.97 Å². The van der Waals surface area contributed by atoms with E-state index < -0.39 is 5.97 Å². The minimum absolute atomic E-state index is 0.0114. The first-order chi connectivity index (χ1) is 6.66. The molecule has 1 heterocycles. The Labute approximate surface area is 81.1 Å². The van der Waals surface area contributed by atoms with E-state index in [1.54, 1.807) is 6.07 Å². The minimum Gasteiger partial charge on any atom is -0.481 e. The molecule has 0 aromatic heterocycles. The molecule has 0 unspecified atom stereocenters. The fraction of sp³-hybridized carbons (Fsp3) is 0.300. The van der Waals surface area contributed by atoms with Crippen LogP contribution in [0.3, 0.4) is 0 Å². The van der Waals surface area contributed by atoms with Gasteiger partial charge in [-0.15, -0.1) is 0 Å². The second kappa shape index (κ2) is 3.21. The van der Waals surface area contributed by atoms with E-state index in [0.29, 0.717) is 5.75 Å². The van der Waals surface area contributed by atoms with Crippen molar-refractivity contribution in [1.82, 2.24) is 0 Å². The first-order valence-electron chi connectivity index (χ1n) is 4.28. The lowest BCUT2D eigenvalue weighted by atomic mass is 10.1. The van der Waals surface area contributed by atoms with Crippen LogP contribution in [-0.4, -0.2) is 17.9 Å². The Bertz CT molecular complexity index is 384. The standard InChI is InChI=1S/C10H10O4/c1-6-2-7(4-9(11)12)3-8-10(6)14-5-13-8/h2-3H,4-5H2,1H3,(H,11,12). The Balaban J connectivity index is 2.36. The fourth-order valence-corrected chi connectivity index (χ4v) is 1.53. The highest BCUT2D eigenvalue weighted by molar-refractivity contribution is 5.71. The third-order valence-electron chi connectivity index (χ3n) is 2.07. The van der Waals surface area contributed by atoms with E-state index in [-0.39, 0.29) is 13.2 Å². The highest BCUT2D eigenvalue weighted by atomic mass is 16.7. The minimum atomic E-state index is -0.844. The summed E-state index contributed by atoms with van der Waals surface area (Å²) in [5, 5.41) is 8.63. The SMILES string of the molecule is Cc1cc(CC(=O)O)cc2c1OCO2. The number of aryl methyl sites for hydroxylation is 1. The predicted octanol–water partition coefficient (Wildman–Crippen LogP) is 1.35. The third kappa shape index (κ3) is 1.51. The molecule has 4 nitrogen and oxygen atoms in total. The normalized spacial score (nSPS) is 12.9. The Morgan fingerprint density at radius 3 is 3.00 bits per heavy atom. The molecule has 0 fully saturated rings. The third-order valence-corrected chi connectivity index (χ3v) is 2.07. The summed E-state index contributed by atoms with van der Waals surface area (Å²) in [7, 11) is 0. The maximum atomic E-state index is 10.5. The van der Waals surface area contributed by atoms with Crippen molar-refractivity contribution in [2.24, 2.45) is 0 Å². The second-order valence-electron chi connectivity index (χ2n) is 3.22. The molecule has 0 saturated heterocycles. The number of benzene rings is 1. The van der Waals surface area contributed by atoms with Crippen LogP contribution in [-0.2, 0) is 11.2 Å². The molecule has 14 heavy (non-hydrogen) atoms. The van der Waals surface area contributed by atoms with Crippen LogP contribution in [0.2, 0.25) is 0 Å². The first kappa shape index (κ1) is 8.87. The van der Waals surface area contributed by atoms with Crippen molar-refractivity contribution in [2.45, 2.75) is 13.3 Å². The van der Waals surface area contributed by atoms with E-state index in [4.69, 9.17) is 14.6 Å². The highest BCUT2D eigenvalue weighted by Gasteiger charge is 2.17. The average Bonchev–Trinajstić information content (AvgIpc) is 2.50. The molecular formula is C10H10O4. The summed E-state index contributed by atoms with van der Waals surface area (Å²) < 4.78 is 10.4. The monoisotopic (exact) mass is 194 g/mol. The molecule has 4 heteroatoms. The van der Waals surface area contributed by atoms with Crippen LogP contribution >= 0.6 is 0 Å². The van der Waals surface area contributed by atoms with Crippen LogP contribution in [0, 0.1) is 6.92 Å². The zero-order chi connectivity index (χ0) is 10.1. The smallest absolute Gasteiger partial charge is 0.307 e. The van der Waals surface area contributed by atoms with Gasteiger partial charge in [-0.05, 0) is 24.1 Å². The summed E-state index contributed by atoms with van der Waals surface area (Å²) in [6, 6.07) is 3.52. The Kier molecular flexibility index (Phi) is 2.04. The number of ether oxygens (including phenoxy) is 2. The van der Waals surface area contributed by atoms with Crippen LogP contribution in [0.5, 0.6) is 11.5 Å². The van der Waals surface area contributed by atoms with Crippen molar-refractivity contribution in [2.75, 3.05) is 6.79 Å². The molecule has 0 amide bonds. The van der Waals surface area contributed by atoms with Gasteiger partial charge in [0.15, 0.2) is 11.5 Å². The number of carboxylic acids is 1. The van der Waals surface area contributed by atoms with Gasteiger partial charge < -0.3 is 14.6 Å². The summed E-state index contributed by atoms with van der Waals surface area (Å²) in [4.78, 5) is 10.5. The van der Waals surface area contributed by atoms with Crippen molar-refractivity contribution in [1.29, 1.82) is 0 Å². The molecule has 0 bridgehead atoms. The molecule has 0 spiro atoms. The molecule has 1 aromatic rings. The summed E-state index contributed by atoms with van der Waals surface area (Å²) in [5.74, 6) is 0.517. The van der Waals surface area contributed by atoms with E-state index in [0.717, 1.165) is 16.9 Å². The number of carbonyl (C=O) groups is 1. The number of aliphatic carboxylic acids is 1. The van der Waals surface area contributed by atoms with E-state index >= 15 is 0 Å². The number of rotatable bonds is 2. The summed E-state index contributed by atoms with van der Waals surface area (Å²) in [6.45, 7) is 2.09. The van der Waals surface area contributed by atoms with Crippen molar-refractivity contribution in [3.63, 3.8) is 0 Å². The van der Waals surface area contributed by atoms with Gasteiger partial charge in [0.1, 0.15) is 0 Å². The largest absolute Gasteiger partial charge is 0.481 e.